The number of rotatable bonds is 12. The Morgan fingerprint density at radius 2 is 1.17 bits per heavy atom. The zero-order valence-electron chi connectivity index (χ0n) is 47.3. The lowest BCUT2D eigenvalue weighted by Gasteiger charge is -2.35. The standard InChI is InChI=1S/C60H72N2.3C2H6.C2H4/c1-13-16-28-47(14-2)58-57(49-31-24-19-25-32-49)56(48-29-22-18-23-30-48)55(42-46-26-20-17-21-27-46)62(58)52-38-36-51(37-39-52)61-45(6)34-35-50(60(10,11)12)41-43(4)53(54(61)15-3)40-33-44(5)59(7,8)9;4*1-2/h13,16-39,41,43,45H,14-15,40,42H2,1-12H3;3*1-2H3;1-2H2/b16-13-,35-34-,44-33+,47-28+,50-41+,54-53-;;;;. The molecular formula is C68H94N2. The van der Waals surface area contributed by atoms with E-state index in [0.29, 0.717) is 0 Å². The highest BCUT2D eigenvalue weighted by atomic mass is 15.2. The number of benzene rings is 4. The van der Waals surface area contributed by atoms with Crippen LogP contribution in [-0.2, 0) is 6.42 Å². The average Bonchev–Trinajstić information content (AvgIpc) is 3.73. The molecule has 4 aromatic carbocycles. The molecule has 2 atom stereocenters. The summed E-state index contributed by atoms with van der Waals surface area (Å²) in [6.45, 7) is 45.8. The Morgan fingerprint density at radius 1 is 0.671 bits per heavy atom. The Kier molecular flexibility index (Phi) is 25.8. The van der Waals surface area contributed by atoms with Crippen LogP contribution in [0, 0.1) is 16.7 Å². The van der Waals surface area contributed by atoms with Crippen molar-refractivity contribution in [3.63, 3.8) is 0 Å². The second-order valence-electron chi connectivity index (χ2n) is 19.2. The van der Waals surface area contributed by atoms with E-state index in [2.05, 4.69) is 264 Å². The number of hydrogen-bond acceptors (Lipinski definition) is 1. The summed E-state index contributed by atoms with van der Waals surface area (Å²) in [6.07, 6.45) is 20.1. The van der Waals surface area contributed by atoms with Crippen molar-refractivity contribution in [2.24, 2.45) is 16.7 Å². The second kappa shape index (κ2) is 30.0. The van der Waals surface area contributed by atoms with Crippen LogP contribution in [0.4, 0.5) is 5.69 Å². The van der Waals surface area contributed by atoms with Gasteiger partial charge in [0.2, 0.25) is 0 Å². The molecule has 0 saturated carbocycles. The summed E-state index contributed by atoms with van der Waals surface area (Å²) in [7, 11) is 0. The highest BCUT2D eigenvalue weighted by Crippen LogP contribution is 2.46. The molecule has 0 bridgehead atoms. The Labute approximate surface area is 430 Å². The predicted octanol–water partition coefficient (Wildman–Crippen LogP) is 21.1. The minimum absolute atomic E-state index is 0.0395. The molecule has 0 spiro atoms. The van der Waals surface area contributed by atoms with Gasteiger partial charge in [0.1, 0.15) is 0 Å². The molecule has 1 aliphatic heterocycles. The fourth-order valence-electron chi connectivity index (χ4n) is 8.89. The summed E-state index contributed by atoms with van der Waals surface area (Å²) in [6, 6.07) is 42.7. The minimum Gasteiger partial charge on any atom is -0.339 e. The summed E-state index contributed by atoms with van der Waals surface area (Å²) in [4.78, 5) is 2.63. The van der Waals surface area contributed by atoms with Gasteiger partial charge in [0.25, 0.3) is 0 Å². The van der Waals surface area contributed by atoms with E-state index >= 15 is 0 Å². The van der Waals surface area contributed by atoms with E-state index < -0.39 is 0 Å². The molecule has 0 N–H and O–H groups in total. The van der Waals surface area contributed by atoms with Crippen LogP contribution < -0.4 is 4.90 Å². The molecule has 0 amide bonds. The Morgan fingerprint density at radius 3 is 1.64 bits per heavy atom. The van der Waals surface area contributed by atoms with E-state index in [1.165, 1.54) is 72.9 Å². The maximum absolute atomic E-state index is 3.00. The van der Waals surface area contributed by atoms with E-state index in [4.69, 9.17) is 0 Å². The Hall–Kier alpha value is -5.86. The molecule has 2 unspecified atom stereocenters. The first-order valence-corrected chi connectivity index (χ1v) is 26.6. The van der Waals surface area contributed by atoms with E-state index in [1.807, 2.05) is 41.5 Å². The number of nitrogens with zero attached hydrogens (tertiary/aromatic N) is 2. The molecule has 0 aliphatic carbocycles. The minimum atomic E-state index is 0.0395. The van der Waals surface area contributed by atoms with Crippen LogP contribution in [0.5, 0.6) is 0 Å². The van der Waals surface area contributed by atoms with Gasteiger partial charge >= 0.3 is 0 Å². The number of allylic oxidation sites excluding steroid dienone is 11. The number of aromatic nitrogens is 1. The van der Waals surface area contributed by atoms with Gasteiger partial charge in [-0.3, -0.25) is 0 Å². The molecule has 2 heterocycles. The first-order chi connectivity index (χ1) is 33.7. The fourth-order valence-corrected chi connectivity index (χ4v) is 8.89. The molecule has 2 heteroatoms. The summed E-state index contributed by atoms with van der Waals surface area (Å²) in [5.74, 6) is 0.284. The van der Waals surface area contributed by atoms with E-state index in [-0.39, 0.29) is 22.8 Å². The van der Waals surface area contributed by atoms with E-state index in [0.717, 1.165) is 31.4 Å². The van der Waals surface area contributed by atoms with Gasteiger partial charge in [0.15, 0.2) is 0 Å². The maximum atomic E-state index is 3.00. The van der Waals surface area contributed by atoms with Crippen molar-refractivity contribution in [1.29, 1.82) is 0 Å². The molecular weight excluding hydrogens is 845 g/mol. The van der Waals surface area contributed by atoms with Crippen molar-refractivity contribution in [1.82, 2.24) is 4.57 Å². The number of anilines is 1. The van der Waals surface area contributed by atoms with E-state index in [1.54, 1.807) is 0 Å². The third kappa shape index (κ3) is 15.6. The summed E-state index contributed by atoms with van der Waals surface area (Å²) >= 11 is 0. The van der Waals surface area contributed by atoms with Crippen LogP contribution in [0.3, 0.4) is 0 Å². The third-order valence-corrected chi connectivity index (χ3v) is 12.8. The lowest BCUT2D eigenvalue weighted by Crippen LogP contribution is -2.32. The normalized spacial score (nSPS) is 17.6. The lowest BCUT2D eigenvalue weighted by molar-refractivity contribution is 0.501. The van der Waals surface area contributed by atoms with Crippen molar-refractivity contribution in [3.05, 3.63) is 210 Å². The molecule has 1 aliphatic rings. The van der Waals surface area contributed by atoms with Crippen LogP contribution in [0.25, 0.3) is 33.5 Å². The van der Waals surface area contributed by atoms with Gasteiger partial charge < -0.3 is 9.47 Å². The molecule has 0 saturated heterocycles. The van der Waals surface area contributed by atoms with Crippen LogP contribution in [0.1, 0.15) is 161 Å². The second-order valence-corrected chi connectivity index (χ2v) is 19.2. The molecule has 2 nitrogen and oxygen atoms in total. The molecule has 0 radical (unpaired) electrons. The van der Waals surface area contributed by atoms with Gasteiger partial charge in [-0.15, -0.1) is 13.2 Å². The quantitative estimate of drug-likeness (QED) is 0.0894. The molecule has 6 rings (SSSR count). The lowest BCUT2D eigenvalue weighted by atomic mass is 9.81. The Bertz CT molecular complexity index is 2470. The highest BCUT2D eigenvalue weighted by Gasteiger charge is 2.29. The monoisotopic (exact) mass is 939 g/mol. The zero-order chi connectivity index (χ0) is 52.6. The molecule has 0 fully saturated rings. The van der Waals surface area contributed by atoms with Gasteiger partial charge in [-0.1, -0.05) is 243 Å². The van der Waals surface area contributed by atoms with Crippen molar-refractivity contribution in [3.8, 4) is 27.9 Å². The first-order valence-electron chi connectivity index (χ1n) is 26.6. The first kappa shape index (κ1) is 60.3. The molecule has 1 aromatic heterocycles. The fraction of sp³-hybridized carbons (Fsp3) is 0.382. The van der Waals surface area contributed by atoms with Gasteiger partial charge in [0.05, 0.1) is 5.69 Å². The summed E-state index contributed by atoms with van der Waals surface area (Å²) in [5, 5.41) is 0. The Balaban J connectivity index is 0.00000200. The third-order valence-electron chi connectivity index (χ3n) is 12.8. The molecule has 376 valence electrons. The number of hydrogen-bond donors (Lipinski definition) is 0. The van der Waals surface area contributed by atoms with Crippen molar-refractivity contribution in [2.75, 3.05) is 4.90 Å². The smallest absolute Gasteiger partial charge is 0.0575 e. The molecule has 5 aromatic rings. The highest BCUT2D eigenvalue weighted by molar-refractivity contribution is 5.95. The van der Waals surface area contributed by atoms with Gasteiger partial charge in [-0.25, -0.2) is 0 Å². The van der Waals surface area contributed by atoms with Crippen LogP contribution in [0.2, 0.25) is 0 Å². The van der Waals surface area contributed by atoms with Gasteiger partial charge in [-0.2, -0.15) is 0 Å². The van der Waals surface area contributed by atoms with Crippen LogP contribution in [-0.4, -0.2) is 10.6 Å². The topological polar surface area (TPSA) is 8.17 Å². The SMILES string of the molecule is C/C=C\C=C(/CC)c1c(-c2ccccc2)c(-c2ccccc2)c(Cc2ccccc2)n1-c1ccc(N2/C(CC)=C(/C/C=C(\C)C(C)(C)C)C(C)/C=C(C(C)(C)C)\C=C/C2C)cc1.C=C.CC.CC.CC. The maximum Gasteiger partial charge on any atom is 0.0575 e. The van der Waals surface area contributed by atoms with E-state index in [9.17, 15) is 0 Å². The zero-order valence-corrected chi connectivity index (χ0v) is 47.3. The van der Waals surface area contributed by atoms with Crippen LogP contribution in [0.15, 0.2) is 193 Å². The van der Waals surface area contributed by atoms with Crippen molar-refractivity contribution in [2.45, 2.75) is 156 Å². The summed E-state index contributed by atoms with van der Waals surface area (Å²) < 4.78 is 2.59. The average molecular weight is 940 g/mol. The largest absolute Gasteiger partial charge is 0.339 e. The van der Waals surface area contributed by atoms with Crippen molar-refractivity contribution >= 4 is 11.3 Å². The summed E-state index contributed by atoms with van der Waals surface area (Å²) in [5.41, 5.74) is 18.4. The molecule has 70 heavy (non-hydrogen) atoms. The predicted molar refractivity (Wildman–Crippen MR) is 317 cm³/mol. The van der Waals surface area contributed by atoms with Crippen molar-refractivity contribution < 1.29 is 0 Å². The van der Waals surface area contributed by atoms with Crippen LogP contribution >= 0.6 is 0 Å². The van der Waals surface area contributed by atoms with Gasteiger partial charge in [-0.05, 0) is 114 Å². The van der Waals surface area contributed by atoms with Gasteiger partial charge in [0, 0.05) is 46.4 Å².